The van der Waals surface area contributed by atoms with Gasteiger partial charge in [-0.25, -0.2) is 4.39 Å². The SMILES string of the molecule is CC(CS(=O)c1cccc(Cl)c1)Nc1ccc(F)cc1. The van der Waals surface area contributed by atoms with Crippen LogP contribution in [0.3, 0.4) is 0 Å². The van der Waals surface area contributed by atoms with E-state index in [2.05, 4.69) is 5.32 Å². The van der Waals surface area contributed by atoms with E-state index in [1.54, 1.807) is 36.4 Å². The highest BCUT2D eigenvalue weighted by Gasteiger charge is 2.10. The van der Waals surface area contributed by atoms with E-state index in [1.807, 2.05) is 6.92 Å². The van der Waals surface area contributed by atoms with Gasteiger partial charge in [0.05, 0.1) is 10.8 Å². The van der Waals surface area contributed by atoms with Crippen LogP contribution in [0.4, 0.5) is 10.1 Å². The summed E-state index contributed by atoms with van der Waals surface area (Å²) in [6, 6.07) is 13.2. The summed E-state index contributed by atoms with van der Waals surface area (Å²) >= 11 is 5.88. The quantitative estimate of drug-likeness (QED) is 0.901. The fourth-order valence-electron chi connectivity index (χ4n) is 1.80. The van der Waals surface area contributed by atoms with Crippen molar-refractivity contribution < 1.29 is 8.60 Å². The minimum Gasteiger partial charge on any atom is -0.382 e. The van der Waals surface area contributed by atoms with Crippen LogP contribution >= 0.6 is 11.6 Å². The molecular weight excluding hydrogens is 297 g/mol. The van der Waals surface area contributed by atoms with Crippen molar-refractivity contribution in [2.24, 2.45) is 0 Å². The molecule has 2 aromatic rings. The second-order valence-corrected chi connectivity index (χ2v) is 6.45. The van der Waals surface area contributed by atoms with Crippen molar-refractivity contribution in [2.75, 3.05) is 11.1 Å². The van der Waals surface area contributed by atoms with Gasteiger partial charge in [0, 0.05) is 27.4 Å². The zero-order valence-corrected chi connectivity index (χ0v) is 12.5. The molecule has 2 unspecified atom stereocenters. The average molecular weight is 312 g/mol. The lowest BCUT2D eigenvalue weighted by atomic mass is 10.3. The smallest absolute Gasteiger partial charge is 0.123 e. The second kappa shape index (κ2) is 6.86. The molecule has 0 aliphatic rings. The molecule has 0 bridgehead atoms. The third-order valence-electron chi connectivity index (χ3n) is 2.72. The molecule has 0 spiro atoms. The molecular formula is C15H15ClFNOS. The van der Waals surface area contributed by atoms with Gasteiger partial charge >= 0.3 is 0 Å². The number of halogens is 2. The van der Waals surface area contributed by atoms with Crippen molar-refractivity contribution in [1.82, 2.24) is 0 Å². The first-order valence-electron chi connectivity index (χ1n) is 6.20. The van der Waals surface area contributed by atoms with Crippen molar-refractivity contribution in [2.45, 2.75) is 17.9 Å². The van der Waals surface area contributed by atoms with Gasteiger partial charge in [0.1, 0.15) is 5.82 Å². The highest BCUT2D eigenvalue weighted by molar-refractivity contribution is 7.85. The van der Waals surface area contributed by atoms with E-state index in [0.29, 0.717) is 15.7 Å². The maximum Gasteiger partial charge on any atom is 0.123 e. The molecule has 2 rings (SSSR count). The second-order valence-electron chi connectivity index (χ2n) is 4.52. The Morgan fingerprint density at radius 2 is 1.95 bits per heavy atom. The zero-order valence-electron chi connectivity index (χ0n) is 11.0. The molecule has 20 heavy (non-hydrogen) atoms. The summed E-state index contributed by atoms with van der Waals surface area (Å²) in [5.41, 5.74) is 0.807. The Kier molecular flexibility index (Phi) is 5.15. The van der Waals surface area contributed by atoms with Crippen LogP contribution in [0.15, 0.2) is 53.4 Å². The molecule has 0 aromatic heterocycles. The number of anilines is 1. The van der Waals surface area contributed by atoms with Gasteiger partial charge in [0.25, 0.3) is 0 Å². The van der Waals surface area contributed by atoms with Crippen molar-refractivity contribution in [1.29, 1.82) is 0 Å². The highest BCUT2D eigenvalue weighted by atomic mass is 35.5. The Bertz CT molecular complexity index is 603. The van der Waals surface area contributed by atoms with Gasteiger partial charge in [-0.2, -0.15) is 0 Å². The summed E-state index contributed by atoms with van der Waals surface area (Å²) in [5.74, 6) is 0.184. The summed E-state index contributed by atoms with van der Waals surface area (Å²) in [4.78, 5) is 0.713. The van der Waals surface area contributed by atoms with Crippen LogP contribution in [0, 0.1) is 5.82 Å². The van der Waals surface area contributed by atoms with Gasteiger partial charge in [0.2, 0.25) is 0 Å². The lowest BCUT2D eigenvalue weighted by molar-refractivity contribution is 0.628. The molecule has 5 heteroatoms. The molecule has 0 fully saturated rings. The van der Waals surface area contributed by atoms with Crippen LogP contribution < -0.4 is 5.32 Å². The van der Waals surface area contributed by atoms with E-state index in [1.165, 1.54) is 12.1 Å². The van der Waals surface area contributed by atoms with Gasteiger partial charge in [0.15, 0.2) is 0 Å². The van der Waals surface area contributed by atoms with Crippen molar-refractivity contribution >= 4 is 28.1 Å². The van der Waals surface area contributed by atoms with E-state index in [-0.39, 0.29) is 11.9 Å². The highest BCUT2D eigenvalue weighted by Crippen LogP contribution is 2.16. The summed E-state index contributed by atoms with van der Waals surface area (Å²) in [5, 5.41) is 3.77. The Hall–Kier alpha value is -1.39. The Balaban J connectivity index is 1.95. The zero-order chi connectivity index (χ0) is 14.5. The fourth-order valence-corrected chi connectivity index (χ4v) is 3.28. The predicted molar refractivity (Wildman–Crippen MR) is 82.2 cm³/mol. The maximum atomic E-state index is 12.8. The third kappa shape index (κ3) is 4.32. The Morgan fingerprint density at radius 3 is 2.60 bits per heavy atom. The molecule has 2 aromatic carbocycles. The molecule has 2 nitrogen and oxygen atoms in total. The lowest BCUT2D eigenvalue weighted by Gasteiger charge is -2.15. The van der Waals surface area contributed by atoms with Gasteiger partial charge in [-0.15, -0.1) is 0 Å². The van der Waals surface area contributed by atoms with Gasteiger partial charge in [-0.1, -0.05) is 17.7 Å². The monoisotopic (exact) mass is 311 g/mol. The molecule has 0 aliphatic carbocycles. The molecule has 0 radical (unpaired) electrons. The van der Waals surface area contributed by atoms with Crippen LogP contribution in [0.25, 0.3) is 0 Å². The van der Waals surface area contributed by atoms with Crippen LogP contribution in [0.5, 0.6) is 0 Å². The summed E-state index contributed by atoms with van der Waals surface area (Å²) < 4.78 is 25.0. The third-order valence-corrected chi connectivity index (χ3v) is 4.54. The van der Waals surface area contributed by atoms with E-state index in [4.69, 9.17) is 11.6 Å². The van der Waals surface area contributed by atoms with Crippen molar-refractivity contribution in [3.05, 3.63) is 59.4 Å². The summed E-state index contributed by atoms with van der Waals surface area (Å²) in [6.07, 6.45) is 0. The molecule has 2 atom stereocenters. The van der Waals surface area contributed by atoms with E-state index >= 15 is 0 Å². The summed E-state index contributed by atoms with van der Waals surface area (Å²) in [6.45, 7) is 1.94. The normalized spacial score (nSPS) is 13.8. The first kappa shape index (κ1) is 15.0. The lowest BCUT2D eigenvalue weighted by Crippen LogP contribution is -2.22. The van der Waals surface area contributed by atoms with E-state index < -0.39 is 10.8 Å². The number of hydrogen-bond acceptors (Lipinski definition) is 2. The van der Waals surface area contributed by atoms with Crippen molar-refractivity contribution in [3.8, 4) is 0 Å². The largest absolute Gasteiger partial charge is 0.382 e. The molecule has 0 amide bonds. The van der Waals surface area contributed by atoms with Crippen molar-refractivity contribution in [3.63, 3.8) is 0 Å². The van der Waals surface area contributed by atoms with Crippen LogP contribution in [0.1, 0.15) is 6.92 Å². The molecule has 0 saturated heterocycles. The molecule has 0 aliphatic heterocycles. The summed E-state index contributed by atoms with van der Waals surface area (Å²) in [7, 11) is -1.12. The maximum absolute atomic E-state index is 12.8. The Labute approximate surface area is 125 Å². The first-order valence-corrected chi connectivity index (χ1v) is 7.90. The van der Waals surface area contributed by atoms with E-state index in [9.17, 15) is 8.60 Å². The topological polar surface area (TPSA) is 29.1 Å². The number of benzene rings is 2. The molecule has 0 saturated carbocycles. The number of hydrogen-bond donors (Lipinski definition) is 1. The average Bonchev–Trinajstić information content (AvgIpc) is 2.41. The minimum atomic E-state index is -1.12. The van der Waals surface area contributed by atoms with E-state index in [0.717, 1.165) is 5.69 Å². The predicted octanol–water partition coefficient (Wildman–Crippen LogP) is 4.09. The Morgan fingerprint density at radius 1 is 1.25 bits per heavy atom. The number of nitrogens with one attached hydrogen (secondary N) is 1. The first-order chi connectivity index (χ1) is 9.54. The standard InChI is InChI=1S/C15H15ClFNOS/c1-11(18-14-7-5-13(17)6-8-14)10-20(19)15-4-2-3-12(16)9-15/h2-9,11,18H,10H2,1H3. The van der Waals surface area contributed by atoms with Crippen LogP contribution in [0.2, 0.25) is 5.02 Å². The van der Waals surface area contributed by atoms with Gasteiger partial charge < -0.3 is 5.32 Å². The van der Waals surface area contributed by atoms with Gasteiger partial charge in [-0.3, -0.25) is 4.21 Å². The molecule has 1 N–H and O–H groups in total. The molecule has 0 heterocycles. The number of rotatable bonds is 5. The minimum absolute atomic E-state index is 0.000256. The van der Waals surface area contributed by atoms with Gasteiger partial charge in [-0.05, 0) is 49.4 Å². The fraction of sp³-hybridized carbons (Fsp3) is 0.200. The van der Waals surface area contributed by atoms with Crippen LogP contribution in [-0.2, 0) is 10.8 Å². The van der Waals surface area contributed by atoms with Crippen LogP contribution in [-0.4, -0.2) is 16.0 Å². The molecule has 106 valence electrons.